The Morgan fingerprint density at radius 2 is 2.57 bits per heavy atom. The van der Waals surface area contributed by atoms with Crippen LogP contribution < -0.4 is 5.32 Å². The predicted octanol–water partition coefficient (Wildman–Crippen LogP) is -0.550. The Morgan fingerprint density at radius 3 is 2.86 bits per heavy atom. The number of aliphatic hydroxyl groups is 1. The van der Waals surface area contributed by atoms with E-state index in [2.05, 4.69) is 10.3 Å². The Kier molecular flexibility index (Phi) is 1.08. The SMILES string of the molecule is OC1N=CC=CN1. The summed E-state index contributed by atoms with van der Waals surface area (Å²) in [6.45, 7) is 0. The lowest BCUT2D eigenvalue weighted by atomic mass is 10.6. The molecule has 3 nitrogen and oxygen atoms in total. The first kappa shape index (κ1) is 4.33. The van der Waals surface area contributed by atoms with E-state index >= 15 is 0 Å². The van der Waals surface area contributed by atoms with Crippen LogP contribution >= 0.6 is 0 Å². The first-order valence-corrected chi connectivity index (χ1v) is 2.02. The van der Waals surface area contributed by atoms with E-state index in [4.69, 9.17) is 5.11 Å². The van der Waals surface area contributed by atoms with Gasteiger partial charge in [0, 0.05) is 12.4 Å². The smallest absolute Gasteiger partial charge is 0.222 e. The Balaban J connectivity index is 2.49. The van der Waals surface area contributed by atoms with Crippen LogP contribution in [0.15, 0.2) is 17.3 Å². The van der Waals surface area contributed by atoms with Gasteiger partial charge in [-0.3, -0.25) is 0 Å². The number of rotatable bonds is 0. The van der Waals surface area contributed by atoms with E-state index in [-0.39, 0.29) is 0 Å². The van der Waals surface area contributed by atoms with Gasteiger partial charge in [0.1, 0.15) is 0 Å². The first-order valence-electron chi connectivity index (χ1n) is 2.02. The molecule has 1 aliphatic rings. The summed E-state index contributed by atoms with van der Waals surface area (Å²) in [5.41, 5.74) is 0. The Labute approximate surface area is 41.4 Å². The zero-order chi connectivity index (χ0) is 5.11. The fourth-order valence-corrected chi connectivity index (χ4v) is 0.359. The molecule has 1 unspecified atom stereocenters. The van der Waals surface area contributed by atoms with Crippen LogP contribution in [0.5, 0.6) is 0 Å². The number of allylic oxidation sites excluding steroid dienone is 1. The second kappa shape index (κ2) is 1.75. The zero-order valence-corrected chi connectivity index (χ0v) is 3.70. The summed E-state index contributed by atoms with van der Waals surface area (Å²) in [5.74, 6) is 0. The minimum atomic E-state index is -0.731. The summed E-state index contributed by atoms with van der Waals surface area (Å²) in [4.78, 5) is 3.56. The van der Waals surface area contributed by atoms with Gasteiger partial charge in [0.05, 0.1) is 0 Å². The Hall–Kier alpha value is -0.830. The van der Waals surface area contributed by atoms with Crippen LogP contribution in [0.2, 0.25) is 0 Å². The average molecular weight is 98.1 g/mol. The summed E-state index contributed by atoms with van der Waals surface area (Å²) in [7, 11) is 0. The molecule has 0 aliphatic carbocycles. The van der Waals surface area contributed by atoms with Crippen LogP contribution in [0.3, 0.4) is 0 Å². The highest BCUT2D eigenvalue weighted by molar-refractivity contribution is 5.71. The molecular formula is C4H6N2O. The molecule has 0 saturated carbocycles. The van der Waals surface area contributed by atoms with Crippen LogP contribution in [0.25, 0.3) is 0 Å². The summed E-state index contributed by atoms with van der Waals surface area (Å²) >= 11 is 0. The van der Waals surface area contributed by atoms with Gasteiger partial charge in [-0.1, -0.05) is 0 Å². The van der Waals surface area contributed by atoms with Crippen molar-refractivity contribution >= 4 is 6.21 Å². The minimum absolute atomic E-state index is 0.731. The standard InChI is InChI=1S/C4H6N2O/c7-4-5-2-1-3-6-4/h1-5,7H. The van der Waals surface area contributed by atoms with E-state index in [1.165, 1.54) is 0 Å². The lowest BCUT2D eigenvalue weighted by molar-refractivity contribution is 0.163. The van der Waals surface area contributed by atoms with Gasteiger partial charge in [-0.2, -0.15) is 0 Å². The summed E-state index contributed by atoms with van der Waals surface area (Å²) in [6, 6.07) is 0. The van der Waals surface area contributed by atoms with Gasteiger partial charge in [-0.15, -0.1) is 0 Å². The molecule has 0 amide bonds. The molecule has 3 heteroatoms. The quantitative estimate of drug-likeness (QED) is 0.427. The van der Waals surface area contributed by atoms with Crippen molar-refractivity contribution in [3.8, 4) is 0 Å². The van der Waals surface area contributed by atoms with Gasteiger partial charge in [0.2, 0.25) is 6.35 Å². The lowest BCUT2D eigenvalue weighted by Gasteiger charge is -2.05. The first-order chi connectivity index (χ1) is 3.39. The van der Waals surface area contributed by atoms with E-state index in [9.17, 15) is 0 Å². The third-order valence-electron chi connectivity index (χ3n) is 0.655. The largest absolute Gasteiger partial charge is 0.355 e. The molecule has 0 aromatic heterocycles. The number of hydrogen-bond acceptors (Lipinski definition) is 3. The molecule has 0 spiro atoms. The molecule has 1 heterocycles. The van der Waals surface area contributed by atoms with Crippen molar-refractivity contribution in [1.82, 2.24) is 5.32 Å². The van der Waals surface area contributed by atoms with Gasteiger partial charge >= 0.3 is 0 Å². The summed E-state index contributed by atoms with van der Waals surface area (Å²) in [6.07, 6.45) is 4.16. The van der Waals surface area contributed by atoms with E-state index in [0.717, 1.165) is 0 Å². The fourth-order valence-electron chi connectivity index (χ4n) is 0.359. The van der Waals surface area contributed by atoms with Crippen LogP contribution in [0.4, 0.5) is 0 Å². The molecule has 38 valence electrons. The van der Waals surface area contributed by atoms with Crippen molar-refractivity contribution in [2.24, 2.45) is 4.99 Å². The highest BCUT2D eigenvalue weighted by Gasteiger charge is 1.93. The van der Waals surface area contributed by atoms with Crippen LogP contribution in [0, 0.1) is 0 Å². The van der Waals surface area contributed by atoms with Gasteiger partial charge in [0.15, 0.2) is 0 Å². The van der Waals surface area contributed by atoms with Gasteiger partial charge in [-0.25, -0.2) is 4.99 Å². The van der Waals surface area contributed by atoms with Crippen molar-refractivity contribution in [3.05, 3.63) is 12.3 Å². The van der Waals surface area contributed by atoms with Crippen molar-refractivity contribution in [2.75, 3.05) is 0 Å². The topological polar surface area (TPSA) is 44.6 Å². The Morgan fingerprint density at radius 1 is 1.71 bits per heavy atom. The molecule has 0 fully saturated rings. The highest BCUT2D eigenvalue weighted by Crippen LogP contribution is 1.82. The minimum Gasteiger partial charge on any atom is -0.355 e. The molecule has 0 aromatic carbocycles. The fraction of sp³-hybridized carbons (Fsp3) is 0.250. The maximum atomic E-state index is 8.55. The van der Waals surface area contributed by atoms with Gasteiger partial charge in [-0.05, 0) is 6.08 Å². The molecule has 0 bridgehead atoms. The molecule has 1 aliphatic heterocycles. The van der Waals surface area contributed by atoms with Crippen molar-refractivity contribution in [1.29, 1.82) is 0 Å². The average Bonchev–Trinajstić information content (AvgIpc) is 1.69. The third-order valence-corrected chi connectivity index (χ3v) is 0.655. The Bertz CT molecular complexity index is 108. The third kappa shape index (κ3) is 1.01. The number of hydrogen-bond donors (Lipinski definition) is 2. The predicted molar refractivity (Wildman–Crippen MR) is 26.8 cm³/mol. The van der Waals surface area contributed by atoms with E-state index in [1.807, 2.05) is 0 Å². The number of nitrogens with zero attached hydrogens (tertiary/aromatic N) is 1. The monoisotopic (exact) mass is 98.0 g/mol. The normalized spacial score (nSPS) is 27.3. The maximum Gasteiger partial charge on any atom is 0.222 e. The zero-order valence-electron chi connectivity index (χ0n) is 3.70. The van der Waals surface area contributed by atoms with E-state index in [0.29, 0.717) is 0 Å². The highest BCUT2D eigenvalue weighted by atomic mass is 16.3. The number of aliphatic imine (C=N–C) groups is 1. The summed E-state index contributed by atoms with van der Waals surface area (Å²) < 4.78 is 0. The molecule has 0 saturated heterocycles. The molecule has 0 radical (unpaired) electrons. The van der Waals surface area contributed by atoms with Crippen LogP contribution in [0.1, 0.15) is 0 Å². The van der Waals surface area contributed by atoms with Crippen molar-refractivity contribution in [2.45, 2.75) is 6.35 Å². The molecular weight excluding hydrogens is 92.1 g/mol. The lowest BCUT2D eigenvalue weighted by Crippen LogP contribution is -2.22. The summed E-state index contributed by atoms with van der Waals surface area (Å²) in [5, 5.41) is 11.1. The molecule has 2 N–H and O–H groups in total. The number of nitrogens with one attached hydrogen (secondary N) is 1. The van der Waals surface area contributed by atoms with E-state index in [1.54, 1.807) is 18.5 Å². The van der Waals surface area contributed by atoms with Gasteiger partial charge in [0.25, 0.3) is 0 Å². The van der Waals surface area contributed by atoms with Crippen molar-refractivity contribution < 1.29 is 5.11 Å². The molecule has 7 heavy (non-hydrogen) atoms. The van der Waals surface area contributed by atoms with E-state index < -0.39 is 6.35 Å². The molecule has 1 rings (SSSR count). The maximum absolute atomic E-state index is 8.55. The van der Waals surface area contributed by atoms with Crippen LogP contribution in [-0.2, 0) is 0 Å². The van der Waals surface area contributed by atoms with Gasteiger partial charge < -0.3 is 10.4 Å². The second-order valence-corrected chi connectivity index (χ2v) is 1.20. The van der Waals surface area contributed by atoms with Crippen LogP contribution in [-0.4, -0.2) is 17.7 Å². The molecule has 0 aromatic rings. The number of aliphatic hydroxyl groups excluding tert-OH is 1. The van der Waals surface area contributed by atoms with Crippen molar-refractivity contribution in [3.63, 3.8) is 0 Å². The second-order valence-electron chi connectivity index (χ2n) is 1.20. The molecule has 1 atom stereocenters.